The van der Waals surface area contributed by atoms with Crippen molar-refractivity contribution in [2.75, 3.05) is 52.9 Å². The molecule has 0 saturated carbocycles. The standard InChI is InChI=1S/C14H28N4O/c1-17-6-2-12(11-17)10-16-14(19)13-3-7-18(8-4-13)9-5-15/h12-13H,2-11,15H2,1H3,(H,16,19). The van der Waals surface area contributed by atoms with E-state index >= 15 is 0 Å². The molecule has 5 heteroatoms. The molecule has 2 saturated heterocycles. The van der Waals surface area contributed by atoms with Gasteiger partial charge in [0.1, 0.15) is 0 Å². The number of nitrogens with zero attached hydrogens (tertiary/aromatic N) is 2. The molecule has 2 aliphatic heterocycles. The highest BCUT2D eigenvalue weighted by Crippen LogP contribution is 2.18. The number of carbonyl (C=O) groups is 1. The predicted octanol–water partition coefficient (Wildman–Crippen LogP) is -0.275. The fraction of sp³-hybridized carbons (Fsp3) is 0.929. The van der Waals surface area contributed by atoms with E-state index in [0.717, 1.165) is 52.1 Å². The molecule has 19 heavy (non-hydrogen) atoms. The Hall–Kier alpha value is -0.650. The van der Waals surface area contributed by atoms with Crippen LogP contribution < -0.4 is 11.1 Å². The van der Waals surface area contributed by atoms with E-state index in [9.17, 15) is 4.79 Å². The van der Waals surface area contributed by atoms with Crippen LogP contribution in [0.1, 0.15) is 19.3 Å². The molecule has 1 atom stereocenters. The fourth-order valence-corrected chi connectivity index (χ4v) is 3.18. The number of rotatable bonds is 5. The van der Waals surface area contributed by atoms with Crippen molar-refractivity contribution in [1.82, 2.24) is 15.1 Å². The van der Waals surface area contributed by atoms with Gasteiger partial charge in [-0.2, -0.15) is 0 Å². The number of piperidine rings is 1. The summed E-state index contributed by atoms with van der Waals surface area (Å²) >= 11 is 0. The molecule has 0 bridgehead atoms. The summed E-state index contributed by atoms with van der Waals surface area (Å²) in [4.78, 5) is 16.8. The second kappa shape index (κ2) is 7.22. The van der Waals surface area contributed by atoms with Crippen LogP contribution in [0.5, 0.6) is 0 Å². The second-order valence-corrected chi connectivity index (χ2v) is 6.07. The molecular weight excluding hydrogens is 240 g/mol. The zero-order chi connectivity index (χ0) is 13.7. The fourth-order valence-electron chi connectivity index (χ4n) is 3.18. The first-order valence-electron chi connectivity index (χ1n) is 7.57. The Labute approximate surface area is 116 Å². The van der Waals surface area contributed by atoms with Crippen LogP contribution in [0, 0.1) is 11.8 Å². The van der Waals surface area contributed by atoms with Gasteiger partial charge in [-0.1, -0.05) is 0 Å². The average molecular weight is 268 g/mol. The highest BCUT2D eigenvalue weighted by Gasteiger charge is 2.26. The highest BCUT2D eigenvalue weighted by molar-refractivity contribution is 5.78. The van der Waals surface area contributed by atoms with Crippen molar-refractivity contribution >= 4 is 5.91 Å². The molecule has 5 nitrogen and oxygen atoms in total. The summed E-state index contributed by atoms with van der Waals surface area (Å²) in [6.45, 7) is 6.84. The van der Waals surface area contributed by atoms with Gasteiger partial charge in [0.25, 0.3) is 0 Å². The Morgan fingerprint density at radius 2 is 2.00 bits per heavy atom. The minimum absolute atomic E-state index is 0.216. The van der Waals surface area contributed by atoms with Crippen molar-refractivity contribution in [3.8, 4) is 0 Å². The van der Waals surface area contributed by atoms with Crippen molar-refractivity contribution in [2.24, 2.45) is 17.6 Å². The van der Waals surface area contributed by atoms with Crippen LogP contribution in [0.4, 0.5) is 0 Å². The molecule has 0 aliphatic carbocycles. The van der Waals surface area contributed by atoms with Crippen molar-refractivity contribution in [2.45, 2.75) is 19.3 Å². The molecule has 1 unspecified atom stereocenters. The molecule has 2 aliphatic rings. The van der Waals surface area contributed by atoms with Crippen LogP contribution in [0.25, 0.3) is 0 Å². The zero-order valence-corrected chi connectivity index (χ0v) is 12.1. The van der Waals surface area contributed by atoms with Gasteiger partial charge in [-0.15, -0.1) is 0 Å². The predicted molar refractivity (Wildman–Crippen MR) is 76.8 cm³/mol. The molecule has 0 radical (unpaired) electrons. The molecule has 1 amide bonds. The van der Waals surface area contributed by atoms with Crippen molar-refractivity contribution < 1.29 is 4.79 Å². The van der Waals surface area contributed by atoms with Gasteiger partial charge < -0.3 is 20.9 Å². The first-order chi connectivity index (χ1) is 9.19. The van der Waals surface area contributed by atoms with Crippen LogP contribution in [0.3, 0.4) is 0 Å². The summed E-state index contributed by atoms with van der Waals surface area (Å²) in [6, 6.07) is 0. The lowest BCUT2D eigenvalue weighted by molar-refractivity contribution is -0.126. The van der Waals surface area contributed by atoms with Gasteiger partial charge in [-0.3, -0.25) is 4.79 Å². The number of carbonyl (C=O) groups excluding carboxylic acids is 1. The number of nitrogens with one attached hydrogen (secondary N) is 1. The number of likely N-dealkylation sites (tertiary alicyclic amines) is 2. The average Bonchev–Trinajstić information content (AvgIpc) is 2.83. The lowest BCUT2D eigenvalue weighted by Gasteiger charge is -2.31. The van der Waals surface area contributed by atoms with Gasteiger partial charge in [-0.05, 0) is 51.9 Å². The van der Waals surface area contributed by atoms with E-state index in [4.69, 9.17) is 5.73 Å². The topological polar surface area (TPSA) is 61.6 Å². The van der Waals surface area contributed by atoms with Crippen LogP contribution in [-0.4, -0.2) is 68.6 Å². The molecule has 2 heterocycles. The van der Waals surface area contributed by atoms with Gasteiger partial charge in [0, 0.05) is 32.1 Å². The van der Waals surface area contributed by atoms with Gasteiger partial charge in [0.2, 0.25) is 5.91 Å². The highest BCUT2D eigenvalue weighted by atomic mass is 16.1. The van der Waals surface area contributed by atoms with E-state index in [1.165, 1.54) is 6.42 Å². The Bertz CT molecular complexity index is 289. The van der Waals surface area contributed by atoms with Gasteiger partial charge >= 0.3 is 0 Å². The molecule has 0 spiro atoms. The monoisotopic (exact) mass is 268 g/mol. The summed E-state index contributed by atoms with van der Waals surface area (Å²) in [5, 5.41) is 3.15. The minimum atomic E-state index is 0.216. The largest absolute Gasteiger partial charge is 0.356 e. The van der Waals surface area contributed by atoms with E-state index in [2.05, 4.69) is 22.2 Å². The molecular formula is C14H28N4O. The minimum Gasteiger partial charge on any atom is -0.356 e. The number of hydrogen-bond donors (Lipinski definition) is 2. The van der Waals surface area contributed by atoms with E-state index in [1.807, 2.05) is 0 Å². The first-order valence-corrected chi connectivity index (χ1v) is 7.57. The zero-order valence-electron chi connectivity index (χ0n) is 12.1. The van der Waals surface area contributed by atoms with Crippen molar-refractivity contribution in [1.29, 1.82) is 0 Å². The van der Waals surface area contributed by atoms with E-state index in [1.54, 1.807) is 0 Å². The van der Waals surface area contributed by atoms with Gasteiger partial charge in [0.15, 0.2) is 0 Å². The third-order valence-electron chi connectivity index (χ3n) is 4.46. The number of nitrogens with two attached hydrogens (primary N) is 1. The van der Waals surface area contributed by atoms with E-state index in [0.29, 0.717) is 12.5 Å². The molecule has 110 valence electrons. The maximum atomic E-state index is 12.1. The summed E-state index contributed by atoms with van der Waals surface area (Å²) in [5.41, 5.74) is 5.56. The van der Waals surface area contributed by atoms with Crippen LogP contribution >= 0.6 is 0 Å². The lowest BCUT2D eigenvalue weighted by Crippen LogP contribution is -2.43. The summed E-state index contributed by atoms with van der Waals surface area (Å²) in [5.74, 6) is 1.13. The second-order valence-electron chi connectivity index (χ2n) is 6.07. The maximum absolute atomic E-state index is 12.1. The van der Waals surface area contributed by atoms with E-state index < -0.39 is 0 Å². The van der Waals surface area contributed by atoms with Crippen LogP contribution in [0.2, 0.25) is 0 Å². The van der Waals surface area contributed by atoms with Gasteiger partial charge in [-0.25, -0.2) is 0 Å². The molecule has 0 aromatic rings. The molecule has 3 N–H and O–H groups in total. The smallest absolute Gasteiger partial charge is 0.223 e. The maximum Gasteiger partial charge on any atom is 0.223 e. The quantitative estimate of drug-likeness (QED) is 0.720. The third kappa shape index (κ3) is 4.44. The van der Waals surface area contributed by atoms with Crippen molar-refractivity contribution in [3.63, 3.8) is 0 Å². The number of amides is 1. The SMILES string of the molecule is CN1CCC(CNC(=O)C2CCN(CCN)CC2)C1. The van der Waals surface area contributed by atoms with Crippen LogP contribution in [0.15, 0.2) is 0 Å². The Balaban J connectivity index is 1.64. The Morgan fingerprint density at radius 1 is 1.26 bits per heavy atom. The Kier molecular flexibility index (Phi) is 5.60. The molecule has 2 fully saturated rings. The van der Waals surface area contributed by atoms with Gasteiger partial charge in [0.05, 0.1) is 0 Å². The molecule has 2 rings (SSSR count). The normalized spacial score (nSPS) is 26.7. The van der Waals surface area contributed by atoms with E-state index in [-0.39, 0.29) is 11.8 Å². The summed E-state index contributed by atoms with van der Waals surface area (Å²) in [6.07, 6.45) is 3.18. The van der Waals surface area contributed by atoms with Crippen molar-refractivity contribution in [3.05, 3.63) is 0 Å². The molecule has 0 aromatic carbocycles. The Morgan fingerprint density at radius 3 is 2.58 bits per heavy atom. The summed E-state index contributed by atoms with van der Waals surface area (Å²) in [7, 11) is 2.15. The number of hydrogen-bond acceptors (Lipinski definition) is 4. The summed E-state index contributed by atoms with van der Waals surface area (Å²) < 4.78 is 0. The third-order valence-corrected chi connectivity index (χ3v) is 4.46. The lowest BCUT2D eigenvalue weighted by atomic mass is 9.95. The van der Waals surface area contributed by atoms with Crippen LogP contribution in [-0.2, 0) is 4.79 Å². The molecule has 0 aromatic heterocycles. The first kappa shape index (κ1) is 14.8.